The lowest BCUT2D eigenvalue weighted by atomic mass is 10.3. The fourth-order valence-electron chi connectivity index (χ4n) is 1.09. The van der Waals surface area contributed by atoms with Crippen LogP contribution < -0.4 is 5.32 Å². The normalized spacial score (nSPS) is 10.7. The van der Waals surface area contributed by atoms with Gasteiger partial charge in [0.15, 0.2) is 0 Å². The highest BCUT2D eigenvalue weighted by Crippen LogP contribution is 2.17. The van der Waals surface area contributed by atoms with Crippen LogP contribution in [0.2, 0.25) is 0 Å². The lowest BCUT2D eigenvalue weighted by molar-refractivity contribution is 0.454. The predicted molar refractivity (Wildman–Crippen MR) is 59.7 cm³/mol. The summed E-state index contributed by atoms with van der Waals surface area (Å²) in [7, 11) is 0. The maximum Gasteiger partial charge on any atom is 0.255 e. The summed E-state index contributed by atoms with van der Waals surface area (Å²) in [5, 5.41) is 4.10. The monoisotopic (exact) mass is 214 g/mol. The third-order valence-electron chi connectivity index (χ3n) is 1.82. The average Bonchev–Trinajstić information content (AvgIpc) is 2.58. The number of rotatable bonds is 7. The second kappa shape index (κ2) is 6.90. The van der Waals surface area contributed by atoms with E-state index in [9.17, 15) is 0 Å². The van der Waals surface area contributed by atoms with Gasteiger partial charge in [0.2, 0.25) is 0 Å². The Balaban J connectivity index is 1.99. The lowest BCUT2D eigenvalue weighted by Gasteiger charge is -1.99. The van der Waals surface area contributed by atoms with Gasteiger partial charge in [-0.2, -0.15) is 0 Å². The molecule has 0 aliphatic carbocycles. The SMILES string of the molecule is CCNCCCCSc1nc(C)co1. The van der Waals surface area contributed by atoms with E-state index in [1.807, 2.05) is 6.92 Å². The zero-order valence-corrected chi connectivity index (χ0v) is 9.69. The van der Waals surface area contributed by atoms with Gasteiger partial charge in [0.1, 0.15) is 6.26 Å². The predicted octanol–water partition coefficient (Wildman–Crippen LogP) is 2.46. The fourth-order valence-corrected chi connectivity index (χ4v) is 1.93. The van der Waals surface area contributed by atoms with Crippen LogP contribution in [0.1, 0.15) is 25.5 Å². The average molecular weight is 214 g/mol. The van der Waals surface area contributed by atoms with Crippen LogP contribution in [0.15, 0.2) is 15.9 Å². The van der Waals surface area contributed by atoms with Crippen molar-refractivity contribution in [1.82, 2.24) is 10.3 Å². The van der Waals surface area contributed by atoms with E-state index >= 15 is 0 Å². The Morgan fingerprint density at radius 2 is 2.36 bits per heavy atom. The molecular weight excluding hydrogens is 196 g/mol. The first-order valence-corrected chi connectivity index (χ1v) is 6.07. The number of oxazole rings is 1. The van der Waals surface area contributed by atoms with Crippen LogP contribution in [0.3, 0.4) is 0 Å². The van der Waals surface area contributed by atoms with Crippen LogP contribution in [0, 0.1) is 6.92 Å². The van der Waals surface area contributed by atoms with Crippen LogP contribution >= 0.6 is 11.8 Å². The van der Waals surface area contributed by atoms with Crippen molar-refractivity contribution in [2.75, 3.05) is 18.8 Å². The molecule has 0 atom stereocenters. The minimum Gasteiger partial charge on any atom is -0.440 e. The van der Waals surface area contributed by atoms with Crippen molar-refractivity contribution < 1.29 is 4.42 Å². The third kappa shape index (κ3) is 4.67. The quantitative estimate of drug-likeness (QED) is 0.559. The molecule has 1 heterocycles. The number of nitrogens with one attached hydrogen (secondary N) is 1. The van der Waals surface area contributed by atoms with Gasteiger partial charge in [-0.05, 0) is 32.9 Å². The molecular formula is C10H18N2OS. The van der Waals surface area contributed by atoms with Crippen molar-refractivity contribution in [1.29, 1.82) is 0 Å². The lowest BCUT2D eigenvalue weighted by Crippen LogP contribution is -2.13. The van der Waals surface area contributed by atoms with Crippen LogP contribution in [-0.2, 0) is 0 Å². The molecule has 80 valence electrons. The van der Waals surface area contributed by atoms with Gasteiger partial charge in [-0.25, -0.2) is 4.98 Å². The number of aryl methyl sites for hydroxylation is 1. The second-order valence-electron chi connectivity index (χ2n) is 3.16. The second-order valence-corrected chi connectivity index (χ2v) is 4.21. The van der Waals surface area contributed by atoms with Gasteiger partial charge < -0.3 is 9.73 Å². The van der Waals surface area contributed by atoms with E-state index in [4.69, 9.17) is 4.42 Å². The summed E-state index contributed by atoms with van der Waals surface area (Å²) >= 11 is 1.69. The largest absolute Gasteiger partial charge is 0.440 e. The Kier molecular flexibility index (Phi) is 5.71. The summed E-state index contributed by atoms with van der Waals surface area (Å²) < 4.78 is 5.23. The standard InChI is InChI=1S/C10H18N2OS/c1-3-11-6-4-5-7-14-10-12-9(2)8-13-10/h8,11H,3-7H2,1-2H3. The van der Waals surface area contributed by atoms with Crippen LogP contribution in [-0.4, -0.2) is 23.8 Å². The summed E-state index contributed by atoms with van der Waals surface area (Å²) in [4.78, 5) is 4.23. The van der Waals surface area contributed by atoms with Gasteiger partial charge in [0.05, 0.1) is 5.69 Å². The van der Waals surface area contributed by atoms with Crippen LogP contribution in [0.5, 0.6) is 0 Å². The first-order chi connectivity index (χ1) is 6.83. The number of nitrogens with zero attached hydrogens (tertiary/aromatic N) is 1. The van der Waals surface area contributed by atoms with Gasteiger partial charge >= 0.3 is 0 Å². The molecule has 0 aromatic carbocycles. The molecule has 4 heteroatoms. The fraction of sp³-hybridized carbons (Fsp3) is 0.700. The number of aromatic nitrogens is 1. The topological polar surface area (TPSA) is 38.1 Å². The molecule has 0 aliphatic heterocycles. The summed E-state index contributed by atoms with van der Waals surface area (Å²) in [6.07, 6.45) is 4.13. The summed E-state index contributed by atoms with van der Waals surface area (Å²) in [5.74, 6) is 1.09. The summed E-state index contributed by atoms with van der Waals surface area (Å²) in [6.45, 7) is 6.25. The Hall–Kier alpha value is -0.480. The first kappa shape index (κ1) is 11.6. The van der Waals surface area contributed by atoms with Gasteiger partial charge in [0, 0.05) is 5.75 Å². The van der Waals surface area contributed by atoms with Gasteiger partial charge in [-0.15, -0.1) is 0 Å². The van der Waals surface area contributed by atoms with E-state index in [0.717, 1.165) is 29.8 Å². The van der Waals surface area contributed by atoms with E-state index in [-0.39, 0.29) is 0 Å². The van der Waals surface area contributed by atoms with Gasteiger partial charge in [-0.1, -0.05) is 18.7 Å². The smallest absolute Gasteiger partial charge is 0.255 e. The van der Waals surface area contributed by atoms with E-state index < -0.39 is 0 Å². The number of hydrogen-bond donors (Lipinski definition) is 1. The molecule has 0 amide bonds. The zero-order valence-electron chi connectivity index (χ0n) is 8.88. The van der Waals surface area contributed by atoms with Crippen LogP contribution in [0.4, 0.5) is 0 Å². The molecule has 0 radical (unpaired) electrons. The molecule has 14 heavy (non-hydrogen) atoms. The van der Waals surface area contributed by atoms with Crippen LogP contribution in [0.25, 0.3) is 0 Å². The van der Waals surface area contributed by atoms with Gasteiger partial charge in [-0.3, -0.25) is 0 Å². The highest BCUT2D eigenvalue weighted by atomic mass is 32.2. The first-order valence-electron chi connectivity index (χ1n) is 5.08. The number of unbranched alkanes of at least 4 members (excludes halogenated alkanes) is 1. The van der Waals surface area contributed by atoms with E-state index in [2.05, 4.69) is 17.2 Å². The van der Waals surface area contributed by atoms with Crippen molar-refractivity contribution in [2.45, 2.75) is 31.9 Å². The Morgan fingerprint density at radius 1 is 1.50 bits per heavy atom. The minimum absolute atomic E-state index is 0.797. The number of thioether (sulfide) groups is 1. The summed E-state index contributed by atoms with van der Waals surface area (Å²) in [6, 6.07) is 0. The zero-order chi connectivity index (χ0) is 10.2. The minimum atomic E-state index is 0.797. The molecule has 1 N–H and O–H groups in total. The Labute approximate surface area is 89.7 Å². The summed E-state index contributed by atoms with van der Waals surface area (Å²) in [5.41, 5.74) is 0.958. The molecule has 1 rings (SSSR count). The molecule has 0 bridgehead atoms. The Bertz CT molecular complexity index is 250. The van der Waals surface area contributed by atoms with E-state index in [0.29, 0.717) is 0 Å². The van der Waals surface area contributed by atoms with E-state index in [1.165, 1.54) is 12.8 Å². The van der Waals surface area contributed by atoms with Crippen molar-refractivity contribution in [3.8, 4) is 0 Å². The van der Waals surface area contributed by atoms with Crippen molar-refractivity contribution >= 4 is 11.8 Å². The molecule has 0 spiro atoms. The molecule has 0 saturated heterocycles. The highest BCUT2D eigenvalue weighted by Gasteiger charge is 2.00. The highest BCUT2D eigenvalue weighted by molar-refractivity contribution is 7.99. The van der Waals surface area contributed by atoms with Crippen molar-refractivity contribution in [3.05, 3.63) is 12.0 Å². The molecule has 0 fully saturated rings. The third-order valence-corrected chi connectivity index (χ3v) is 2.75. The molecule has 1 aromatic rings. The van der Waals surface area contributed by atoms with E-state index in [1.54, 1.807) is 18.0 Å². The maximum atomic E-state index is 5.23. The van der Waals surface area contributed by atoms with Crippen molar-refractivity contribution in [2.24, 2.45) is 0 Å². The van der Waals surface area contributed by atoms with Gasteiger partial charge in [0.25, 0.3) is 5.22 Å². The molecule has 1 aromatic heterocycles. The van der Waals surface area contributed by atoms with Crippen molar-refractivity contribution in [3.63, 3.8) is 0 Å². The molecule has 0 unspecified atom stereocenters. The molecule has 0 aliphatic rings. The molecule has 0 saturated carbocycles. The number of hydrogen-bond acceptors (Lipinski definition) is 4. The maximum absolute atomic E-state index is 5.23. The Morgan fingerprint density at radius 3 is 3.00 bits per heavy atom. The molecule has 3 nitrogen and oxygen atoms in total.